The van der Waals surface area contributed by atoms with Gasteiger partial charge in [-0.25, -0.2) is 0 Å². The molecule has 2 rings (SSSR count). The highest BCUT2D eigenvalue weighted by atomic mass is 15.3. The summed E-state index contributed by atoms with van der Waals surface area (Å²) in [5.41, 5.74) is 2.92. The Balaban J connectivity index is 2.12. The first-order chi connectivity index (χ1) is 7.78. The monoisotopic (exact) mass is 217 g/mol. The zero-order valence-electron chi connectivity index (χ0n) is 9.44. The molecule has 0 aliphatic carbocycles. The van der Waals surface area contributed by atoms with Gasteiger partial charge in [0.1, 0.15) is 0 Å². The zero-order valence-corrected chi connectivity index (χ0v) is 9.44. The van der Waals surface area contributed by atoms with E-state index < -0.39 is 0 Å². The molecule has 0 aliphatic rings. The van der Waals surface area contributed by atoms with Gasteiger partial charge in [-0.3, -0.25) is 9.67 Å². The average Bonchev–Trinajstić information content (AvgIpc) is 2.65. The molecule has 5 nitrogen and oxygen atoms in total. The molecule has 84 valence electrons. The van der Waals surface area contributed by atoms with E-state index in [9.17, 15) is 0 Å². The first-order valence-electron chi connectivity index (χ1n) is 5.22. The standard InChI is InChI=1S/C11H15N5/c1-3-13-9-4-10(6-12-5-9)15-11-7-14-16(2)8-11/h4-8,13,15H,3H2,1-2H3. The molecule has 2 N–H and O–H groups in total. The van der Waals surface area contributed by atoms with Crippen molar-refractivity contribution in [2.75, 3.05) is 17.2 Å². The Hall–Kier alpha value is -2.04. The van der Waals surface area contributed by atoms with Crippen LogP contribution in [-0.2, 0) is 7.05 Å². The Labute approximate surface area is 94.5 Å². The van der Waals surface area contributed by atoms with Crippen molar-refractivity contribution in [3.63, 3.8) is 0 Å². The highest BCUT2D eigenvalue weighted by Crippen LogP contribution is 2.17. The highest BCUT2D eigenvalue weighted by Gasteiger charge is 1.98. The van der Waals surface area contributed by atoms with Crippen LogP contribution in [0.25, 0.3) is 0 Å². The summed E-state index contributed by atoms with van der Waals surface area (Å²) in [5, 5.41) is 10.5. The molecular formula is C11H15N5. The maximum absolute atomic E-state index is 4.15. The average molecular weight is 217 g/mol. The van der Waals surface area contributed by atoms with Gasteiger partial charge < -0.3 is 10.6 Å². The first kappa shape index (κ1) is 10.5. The van der Waals surface area contributed by atoms with E-state index >= 15 is 0 Å². The van der Waals surface area contributed by atoms with Crippen molar-refractivity contribution < 1.29 is 0 Å². The normalized spacial score (nSPS) is 10.1. The Morgan fingerprint density at radius 1 is 1.19 bits per heavy atom. The largest absolute Gasteiger partial charge is 0.384 e. The molecule has 0 spiro atoms. The van der Waals surface area contributed by atoms with Gasteiger partial charge in [-0.05, 0) is 13.0 Å². The fourth-order valence-corrected chi connectivity index (χ4v) is 1.46. The summed E-state index contributed by atoms with van der Waals surface area (Å²) >= 11 is 0. The zero-order chi connectivity index (χ0) is 11.4. The summed E-state index contributed by atoms with van der Waals surface area (Å²) in [5.74, 6) is 0. The van der Waals surface area contributed by atoms with Crippen LogP contribution in [-0.4, -0.2) is 21.3 Å². The smallest absolute Gasteiger partial charge is 0.0770 e. The highest BCUT2D eigenvalue weighted by molar-refractivity contribution is 5.61. The third-order valence-corrected chi connectivity index (χ3v) is 2.11. The van der Waals surface area contributed by atoms with E-state index in [0.717, 1.165) is 23.6 Å². The van der Waals surface area contributed by atoms with Crippen molar-refractivity contribution in [3.8, 4) is 0 Å². The third kappa shape index (κ3) is 2.50. The maximum atomic E-state index is 4.15. The van der Waals surface area contributed by atoms with Crippen molar-refractivity contribution in [3.05, 3.63) is 30.9 Å². The number of nitrogens with one attached hydrogen (secondary N) is 2. The molecule has 0 aliphatic heterocycles. The molecule has 0 amide bonds. The second kappa shape index (κ2) is 4.65. The first-order valence-corrected chi connectivity index (χ1v) is 5.22. The minimum atomic E-state index is 0.887. The van der Waals surface area contributed by atoms with Crippen molar-refractivity contribution in [1.29, 1.82) is 0 Å². The predicted molar refractivity (Wildman–Crippen MR) is 64.9 cm³/mol. The summed E-state index contributed by atoms with van der Waals surface area (Å²) in [6.07, 6.45) is 7.28. The van der Waals surface area contributed by atoms with Gasteiger partial charge in [0.2, 0.25) is 0 Å². The summed E-state index contributed by atoms with van der Waals surface area (Å²) in [7, 11) is 1.89. The summed E-state index contributed by atoms with van der Waals surface area (Å²) < 4.78 is 1.75. The SMILES string of the molecule is CCNc1cncc(Nc2cnn(C)c2)c1. The molecule has 0 saturated carbocycles. The second-order valence-corrected chi connectivity index (χ2v) is 3.52. The number of nitrogens with zero attached hydrogens (tertiary/aromatic N) is 3. The summed E-state index contributed by atoms with van der Waals surface area (Å²) in [6.45, 7) is 2.94. The van der Waals surface area contributed by atoms with Crippen LogP contribution >= 0.6 is 0 Å². The van der Waals surface area contributed by atoms with Gasteiger partial charge in [-0.1, -0.05) is 0 Å². The Morgan fingerprint density at radius 3 is 2.69 bits per heavy atom. The summed E-state index contributed by atoms with van der Waals surface area (Å²) in [6, 6.07) is 2.02. The number of pyridine rings is 1. The molecule has 0 bridgehead atoms. The van der Waals surface area contributed by atoms with Gasteiger partial charge in [-0.2, -0.15) is 5.10 Å². The Morgan fingerprint density at radius 2 is 2.00 bits per heavy atom. The lowest BCUT2D eigenvalue weighted by atomic mass is 10.3. The molecule has 0 atom stereocenters. The number of hydrogen-bond donors (Lipinski definition) is 2. The Kier molecular flexibility index (Phi) is 3.05. The predicted octanol–water partition coefficient (Wildman–Crippen LogP) is 1.99. The molecule has 5 heteroatoms. The van der Waals surface area contributed by atoms with E-state index in [2.05, 4.69) is 27.6 Å². The quantitative estimate of drug-likeness (QED) is 0.822. The number of hydrogen-bond acceptors (Lipinski definition) is 4. The van der Waals surface area contributed by atoms with Gasteiger partial charge in [0.05, 0.1) is 35.7 Å². The van der Waals surface area contributed by atoms with Crippen molar-refractivity contribution in [2.24, 2.45) is 7.05 Å². The molecule has 0 aromatic carbocycles. The van der Waals surface area contributed by atoms with Gasteiger partial charge in [0.15, 0.2) is 0 Å². The van der Waals surface area contributed by atoms with Gasteiger partial charge in [0.25, 0.3) is 0 Å². The molecule has 2 heterocycles. The van der Waals surface area contributed by atoms with E-state index in [1.165, 1.54) is 0 Å². The number of rotatable bonds is 4. The fourth-order valence-electron chi connectivity index (χ4n) is 1.46. The van der Waals surface area contributed by atoms with Crippen LogP contribution < -0.4 is 10.6 Å². The van der Waals surface area contributed by atoms with Crippen molar-refractivity contribution >= 4 is 17.1 Å². The maximum Gasteiger partial charge on any atom is 0.0770 e. The molecule has 2 aromatic rings. The van der Waals surface area contributed by atoms with E-state index in [1.807, 2.05) is 19.3 Å². The lowest BCUT2D eigenvalue weighted by Crippen LogP contribution is -1.98. The minimum Gasteiger partial charge on any atom is -0.384 e. The van der Waals surface area contributed by atoms with E-state index in [-0.39, 0.29) is 0 Å². The second-order valence-electron chi connectivity index (χ2n) is 3.52. The molecule has 0 saturated heterocycles. The molecule has 16 heavy (non-hydrogen) atoms. The fraction of sp³-hybridized carbons (Fsp3) is 0.273. The third-order valence-electron chi connectivity index (χ3n) is 2.11. The van der Waals surface area contributed by atoms with Gasteiger partial charge in [0, 0.05) is 19.8 Å². The molecule has 0 unspecified atom stereocenters. The lowest BCUT2D eigenvalue weighted by Gasteiger charge is -2.06. The molecule has 0 radical (unpaired) electrons. The van der Waals surface area contributed by atoms with Crippen LogP contribution in [0.1, 0.15) is 6.92 Å². The van der Waals surface area contributed by atoms with Crippen LogP contribution in [0.4, 0.5) is 17.1 Å². The molecule has 0 fully saturated rings. The van der Waals surface area contributed by atoms with Crippen LogP contribution in [0.15, 0.2) is 30.9 Å². The van der Waals surface area contributed by atoms with E-state index in [4.69, 9.17) is 0 Å². The van der Waals surface area contributed by atoms with Gasteiger partial charge in [-0.15, -0.1) is 0 Å². The van der Waals surface area contributed by atoms with E-state index in [0.29, 0.717) is 0 Å². The number of anilines is 3. The minimum absolute atomic E-state index is 0.887. The van der Waals surface area contributed by atoms with Crippen LogP contribution in [0.3, 0.4) is 0 Å². The van der Waals surface area contributed by atoms with Gasteiger partial charge >= 0.3 is 0 Å². The van der Waals surface area contributed by atoms with E-state index in [1.54, 1.807) is 23.3 Å². The number of aromatic nitrogens is 3. The van der Waals surface area contributed by atoms with Crippen molar-refractivity contribution in [2.45, 2.75) is 6.92 Å². The van der Waals surface area contributed by atoms with Crippen molar-refractivity contribution in [1.82, 2.24) is 14.8 Å². The van der Waals surface area contributed by atoms with Crippen LogP contribution in [0, 0.1) is 0 Å². The summed E-state index contributed by atoms with van der Waals surface area (Å²) in [4.78, 5) is 4.15. The topological polar surface area (TPSA) is 54.8 Å². The van der Waals surface area contributed by atoms with Crippen LogP contribution in [0.5, 0.6) is 0 Å². The number of aryl methyl sites for hydroxylation is 1. The lowest BCUT2D eigenvalue weighted by molar-refractivity contribution is 0.768. The van der Waals surface area contributed by atoms with Crippen LogP contribution in [0.2, 0.25) is 0 Å². The Bertz CT molecular complexity index is 463. The molecule has 2 aromatic heterocycles. The molecular weight excluding hydrogens is 202 g/mol.